The molecule has 1 fully saturated rings. The zero-order valence-corrected chi connectivity index (χ0v) is 11.0. The number of aromatic amines is 1. The van der Waals surface area contributed by atoms with Crippen molar-refractivity contribution in [1.82, 2.24) is 15.5 Å². The van der Waals surface area contributed by atoms with Gasteiger partial charge in [0.25, 0.3) is 5.91 Å². The molecule has 3 rings (SSSR count). The summed E-state index contributed by atoms with van der Waals surface area (Å²) in [6.45, 7) is 0. The van der Waals surface area contributed by atoms with E-state index in [0.717, 1.165) is 12.0 Å². The van der Waals surface area contributed by atoms with Gasteiger partial charge in [-0.05, 0) is 24.1 Å². The Hall–Kier alpha value is -2.83. The van der Waals surface area contributed by atoms with Crippen LogP contribution in [0.2, 0.25) is 0 Å². The van der Waals surface area contributed by atoms with Gasteiger partial charge < -0.3 is 15.7 Å². The number of carbonyl (C=O) groups is 2. The lowest BCUT2D eigenvalue weighted by molar-refractivity contribution is 0.102. The first-order chi connectivity index (χ1) is 10.1. The number of anilines is 1. The highest BCUT2D eigenvalue weighted by atomic mass is 16.4. The van der Waals surface area contributed by atoms with Crippen LogP contribution in [0.3, 0.4) is 0 Å². The molecule has 0 radical (unpaired) electrons. The van der Waals surface area contributed by atoms with E-state index in [1.54, 1.807) is 0 Å². The number of carbonyl (C=O) groups excluding carboxylic acids is 1. The van der Waals surface area contributed by atoms with Crippen molar-refractivity contribution >= 4 is 17.7 Å². The average molecular weight is 286 g/mol. The monoisotopic (exact) mass is 286 g/mol. The van der Waals surface area contributed by atoms with Gasteiger partial charge in [-0.15, -0.1) is 0 Å². The van der Waals surface area contributed by atoms with Gasteiger partial charge in [0.15, 0.2) is 0 Å². The lowest BCUT2D eigenvalue weighted by Crippen LogP contribution is -2.24. The third-order valence-electron chi connectivity index (χ3n) is 3.46. The summed E-state index contributed by atoms with van der Waals surface area (Å²) in [5.41, 5.74) is 2.22. The quantitative estimate of drug-likeness (QED) is 0.687. The smallest absolute Gasteiger partial charge is 0.404 e. The van der Waals surface area contributed by atoms with E-state index in [2.05, 4.69) is 20.8 Å². The molecule has 1 heterocycles. The van der Waals surface area contributed by atoms with Gasteiger partial charge in [0.2, 0.25) is 0 Å². The number of nitrogens with zero attached hydrogens (tertiary/aromatic N) is 1. The Morgan fingerprint density at radius 2 is 2.05 bits per heavy atom. The molecule has 0 saturated heterocycles. The molecule has 0 spiro atoms. The number of aromatic nitrogens is 2. The number of amides is 2. The van der Waals surface area contributed by atoms with Crippen molar-refractivity contribution in [2.75, 3.05) is 5.32 Å². The first-order valence-corrected chi connectivity index (χ1v) is 6.53. The summed E-state index contributed by atoms with van der Waals surface area (Å²) in [5.74, 6) is -0.00642. The van der Waals surface area contributed by atoms with Crippen molar-refractivity contribution in [3.8, 4) is 0 Å². The summed E-state index contributed by atoms with van der Waals surface area (Å²) in [6.07, 6.45) is 2.80. The molecule has 4 N–H and O–H groups in total. The van der Waals surface area contributed by atoms with Crippen LogP contribution in [0.4, 0.5) is 10.5 Å². The van der Waals surface area contributed by atoms with Crippen LogP contribution in [-0.2, 0) is 0 Å². The van der Waals surface area contributed by atoms with Gasteiger partial charge in [0, 0.05) is 23.8 Å². The molecule has 1 aromatic heterocycles. The van der Waals surface area contributed by atoms with Gasteiger partial charge in [-0.2, -0.15) is 5.10 Å². The highest BCUT2D eigenvalue weighted by molar-refractivity contribution is 6.03. The molecule has 1 saturated carbocycles. The number of carboxylic acid groups (broad SMARTS) is 1. The topological polar surface area (TPSA) is 107 Å². The maximum absolute atomic E-state index is 11.8. The van der Waals surface area contributed by atoms with Crippen molar-refractivity contribution < 1.29 is 14.7 Å². The first-order valence-electron chi connectivity index (χ1n) is 6.53. The van der Waals surface area contributed by atoms with Gasteiger partial charge >= 0.3 is 6.09 Å². The number of hydrogen-bond acceptors (Lipinski definition) is 3. The predicted octanol–water partition coefficient (Wildman–Crippen LogP) is 1.79. The lowest BCUT2D eigenvalue weighted by Gasteiger charge is -2.05. The molecule has 1 aromatic carbocycles. The maximum atomic E-state index is 11.8. The van der Waals surface area contributed by atoms with E-state index in [1.807, 2.05) is 24.3 Å². The second-order valence-corrected chi connectivity index (χ2v) is 4.96. The lowest BCUT2D eigenvalue weighted by atomic mass is 10.1. The van der Waals surface area contributed by atoms with Crippen molar-refractivity contribution in [3.05, 3.63) is 47.8 Å². The molecule has 21 heavy (non-hydrogen) atoms. The summed E-state index contributed by atoms with van der Waals surface area (Å²) in [7, 11) is 0. The number of hydrogen-bond donors (Lipinski definition) is 4. The molecule has 2 aromatic rings. The van der Waals surface area contributed by atoms with E-state index in [4.69, 9.17) is 5.11 Å². The number of H-pyrrole nitrogens is 1. The molecule has 0 aliphatic heterocycles. The third kappa shape index (κ3) is 3.02. The summed E-state index contributed by atoms with van der Waals surface area (Å²) >= 11 is 0. The highest BCUT2D eigenvalue weighted by Gasteiger charge is 2.39. The predicted molar refractivity (Wildman–Crippen MR) is 75.3 cm³/mol. The van der Waals surface area contributed by atoms with Crippen molar-refractivity contribution in [2.45, 2.75) is 18.4 Å². The Labute approximate surface area is 120 Å². The van der Waals surface area contributed by atoms with E-state index in [-0.39, 0.29) is 17.9 Å². The minimum absolute atomic E-state index is 0.00567. The summed E-state index contributed by atoms with van der Waals surface area (Å²) in [6, 6.07) is 7.42. The number of rotatable bonds is 4. The van der Waals surface area contributed by atoms with E-state index in [1.165, 1.54) is 12.4 Å². The normalized spacial score (nSPS) is 19.8. The molecule has 108 valence electrons. The van der Waals surface area contributed by atoms with Crippen LogP contribution in [-0.4, -0.2) is 33.3 Å². The van der Waals surface area contributed by atoms with Crippen LogP contribution in [0.5, 0.6) is 0 Å². The standard InChI is InChI=1S/C14H14N4O3/c19-13(9-6-15-16-7-9)17-10-3-1-8(2-4-10)11-5-12(11)18-14(20)21/h1-4,6-7,11-12,18H,5H2,(H,15,16)(H,17,19)(H,20,21)/t11-,12+/m0/s1. The minimum atomic E-state index is -0.994. The Kier molecular flexibility index (Phi) is 3.31. The van der Waals surface area contributed by atoms with Crippen molar-refractivity contribution in [2.24, 2.45) is 0 Å². The second kappa shape index (κ2) is 5.28. The van der Waals surface area contributed by atoms with Crippen molar-refractivity contribution in [3.63, 3.8) is 0 Å². The summed E-state index contributed by atoms with van der Waals surface area (Å²) < 4.78 is 0. The van der Waals surface area contributed by atoms with Crippen LogP contribution in [0.25, 0.3) is 0 Å². The molecule has 1 aliphatic rings. The third-order valence-corrected chi connectivity index (χ3v) is 3.46. The Morgan fingerprint density at radius 3 is 2.67 bits per heavy atom. The fraction of sp³-hybridized carbons (Fsp3) is 0.214. The minimum Gasteiger partial charge on any atom is -0.465 e. The molecule has 0 bridgehead atoms. The van der Waals surface area contributed by atoms with E-state index >= 15 is 0 Å². The molecule has 7 nitrogen and oxygen atoms in total. The number of benzene rings is 1. The zero-order chi connectivity index (χ0) is 14.8. The largest absolute Gasteiger partial charge is 0.465 e. The molecule has 7 heteroatoms. The SMILES string of the molecule is O=C(O)N[C@@H]1C[C@H]1c1ccc(NC(=O)c2cn[nH]c2)cc1. The number of nitrogens with one attached hydrogen (secondary N) is 3. The van der Waals surface area contributed by atoms with E-state index in [9.17, 15) is 9.59 Å². The van der Waals surface area contributed by atoms with Crippen LogP contribution < -0.4 is 10.6 Å². The Bertz CT molecular complexity index is 651. The first kappa shape index (κ1) is 13.2. The zero-order valence-electron chi connectivity index (χ0n) is 11.0. The van der Waals surface area contributed by atoms with E-state index in [0.29, 0.717) is 11.3 Å². The van der Waals surface area contributed by atoms with Gasteiger partial charge in [0.05, 0.1) is 11.8 Å². The molecule has 2 atom stereocenters. The van der Waals surface area contributed by atoms with Gasteiger partial charge in [-0.1, -0.05) is 12.1 Å². The molecular formula is C14H14N4O3. The van der Waals surface area contributed by atoms with Crippen LogP contribution in [0.15, 0.2) is 36.7 Å². The van der Waals surface area contributed by atoms with Gasteiger partial charge in [0.1, 0.15) is 0 Å². The second-order valence-electron chi connectivity index (χ2n) is 4.96. The molecule has 2 amide bonds. The van der Waals surface area contributed by atoms with Crippen molar-refractivity contribution in [1.29, 1.82) is 0 Å². The fourth-order valence-electron chi connectivity index (χ4n) is 2.27. The molecular weight excluding hydrogens is 272 g/mol. The van der Waals surface area contributed by atoms with Crippen LogP contribution in [0, 0.1) is 0 Å². The maximum Gasteiger partial charge on any atom is 0.404 e. The molecule has 0 unspecified atom stereocenters. The Balaban J connectivity index is 1.60. The summed E-state index contributed by atoms with van der Waals surface area (Å²) in [4.78, 5) is 22.4. The Morgan fingerprint density at radius 1 is 1.29 bits per heavy atom. The van der Waals surface area contributed by atoms with Crippen LogP contribution in [0.1, 0.15) is 28.3 Å². The van der Waals surface area contributed by atoms with E-state index < -0.39 is 6.09 Å². The van der Waals surface area contributed by atoms with Gasteiger partial charge in [-0.3, -0.25) is 9.89 Å². The molecule has 1 aliphatic carbocycles. The average Bonchev–Trinajstić information content (AvgIpc) is 3.00. The fourth-order valence-corrected chi connectivity index (χ4v) is 2.27. The highest BCUT2D eigenvalue weighted by Crippen LogP contribution is 2.40. The summed E-state index contributed by atoms with van der Waals surface area (Å²) in [5, 5.41) is 20.2. The van der Waals surface area contributed by atoms with Crippen LogP contribution >= 0.6 is 0 Å². The van der Waals surface area contributed by atoms with Gasteiger partial charge in [-0.25, -0.2) is 4.79 Å².